The number of rotatable bonds is 9. The van der Waals surface area contributed by atoms with Crippen molar-refractivity contribution in [2.75, 3.05) is 10.2 Å². The Hall–Kier alpha value is -3.98. The van der Waals surface area contributed by atoms with Gasteiger partial charge in [0.25, 0.3) is 5.91 Å². The second kappa shape index (κ2) is 14.6. The summed E-state index contributed by atoms with van der Waals surface area (Å²) in [7, 11) is 0. The minimum atomic E-state index is -0.575. The third kappa shape index (κ3) is 8.75. The van der Waals surface area contributed by atoms with Crippen molar-refractivity contribution in [3.8, 4) is 0 Å². The fraction of sp³-hybridized carbons (Fsp3) is 0.344. The lowest BCUT2D eigenvalue weighted by Crippen LogP contribution is -2.34. The van der Waals surface area contributed by atoms with Crippen LogP contribution in [0.2, 0.25) is 0 Å². The highest BCUT2D eigenvalue weighted by molar-refractivity contribution is 7.99. The summed E-state index contributed by atoms with van der Waals surface area (Å²) < 4.78 is 0. The minimum absolute atomic E-state index is 0.237. The van der Waals surface area contributed by atoms with Gasteiger partial charge in [0.2, 0.25) is 5.96 Å². The average molecular weight is 571 g/mol. The Morgan fingerprint density at radius 1 is 1.00 bits per heavy atom. The molecule has 214 valence electrons. The monoisotopic (exact) mass is 570 g/mol. The molecule has 8 nitrogen and oxygen atoms in total. The lowest BCUT2D eigenvalue weighted by molar-refractivity contribution is 0.100. The van der Waals surface area contributed by atoms with Crippen LogP contribution in [-0.2, 0) is 12.3 Å². The maximum atomic E-state index is 13.7. The Morgan fingerprint density at radius 3 is 2.37 bits per heavy atom. The summed E-state index contributed by atoms with van der Waals surface area (Å²) >= 11 is 1.86. The molecule has 1 saturated carbocycles. The van der Waals surface area contributed by atoms with Crippen LogP contribution in [0.15, 0.2) is 82.9 Å². The van der Waals surface area contributed by atoms with E-state index < -0.39 is 11.9 Å². The molecular weight excluding hydrogens is 532 g/mol. The summed E-state index contributed by atoms with van der Waals surface area (Å²) in [5.41, 5.74) is 17.5. The highest BCUT2D eigenvalue weighted by Crippen LogP contribution is 2.33. The molecule has 4 N–H and O–H groups in total. The van der Waals surface area contributed by atoms with Crippen LogP contribution in [0.1, 0.15) is 78.9 Å². The van der Waals surface area contributed by atoms with Crippen molar-refractivity contribution in [1.29, 1.82) is 5.53 Å². The number of benzene rings is 3. The number of amides is 3. The zero-order valence-corrected chi connectivity index (χ0v) is 24.5. The van der Waals surface area contributed by atoms with Gasteiger partial charge >= 0.3 is 6.03 Å². The Morgan fingerprint density at radius 2 is 1.71 bits per heavy atom. The molecule has 0 radical (unpaired) electrons. The molecule has 3 aromatic carbocycles. The van der Waals surface area contributed by atoms with Gasteiger partial charge < -0.3 is 11.1 Å². The molecule has 0 bridgehead atoms. The van der Waals surface area contributed by atoms with E-state index in [1.807, 2.05) is 42.1 Å². The van der Waals surface area contributed by atoms with Crippen LogP contribution in [0.25, 0.3) is 0 Å². The van der Waals surface area contributed by atoms with Crippen molar-refractivity contribution in [1.82, 2.24) is 0 Å². The standard InChI is InChI=1S/C32H38N6O2S/c1-22(2)41-21-24-7-6-10-28(19-24)35-32(40)38(29-17-15-26(16-18-29)25-8-4-3-5-9-25)20-23-11-13-27(14-12-23)30(39)36-31(33)37-34/h6-7,10-19,22,25,34H,3-5,8-9,20-21H2,1-2H3,(H,35,40)(H2,33,36,39). The number of hydrogen-bond donors (Lipinski definition) is 3. The molecule has 0 unspecified atom stereocenters. The van der Waals surface area contributed by atoms with Gasteiger partial charge in [0.15, 0.2) is 0 Å². The van der Waals surface area contributed by atoms with Gasteiger partial charge in [0.1, 0.15) is 0 Å². The maximum absolute atomic E-state index is 13.7. The number of nitrogens with one attached hydrogen (secondary N) is 2. The first kappa shape index (κ1) is 30.0. The number of hydrogen-bond acceptors (Lipinski definition) is 4. The van der Waals surface area contributed by atoms with Crippen LogP contribution in [0.3, 0.4) is 0 Å². The van der Waals surface area contributed by atoms with E-state index in [-0.39, 0.29) is 6.03 Å². The van der Waals surface area contributed by atoms with Crippen LogP contribution in [-0.4, -0.2) is 23.1 Å². The summed E-state index contributed by atoms with van der Waals surface area (Å²) in [5.74, 6) is 0.486. The Balaban J connectivity index is 1.56. The summed E-state index contributed by atoms with van der Waals surface area (Å²) in [6, 6.07) is 22.9. The third-order valence-electron chi connectivity index (χ3n) is 7.16. The Labute approximate surface area is 246 Å². The molecule has 4 rings (SSSR count). The van der Waals surface area contributed by atoms with Crippen molar-refractivity contribution >= 4 is 41.0 Å². The SMILES string of the molecule is CC(C)SCc1cccc(NC(=O)N(Cc2ccc(C(=O)N=C(N)N=N)cc2)c2ccc(C3CCCCC3)cc2)c1. The van der Waals surface area contributed by atoms with Gasteiger partial charge in [0.05, 0.1) is 6.54 Å². The van der Waals surface area contributed by atoms with Gasteiger partial charge in [-0.25, -0.2) is 10.3 Å². The predicted octanol–water partition coefficient (Wildman–Crippen LogP) is 8.10. The van der Waals surface area contributed by atoms with Crippen LogP contribution >= 0.6 is 11.8 Å². The van der Waals surface area contributed by atoms with Gasteiger partial charge in [0, 0.05) is 22.7 Å². The highest BCUT2D eigenvalue weighted by atomic mass is 32.2. The Bertz CT molecular complexity index is 1370. The number of urea groups is 1. The number of nitrogens with two attached hydrogens (primary N) is 1. The summed E-state index contributed by atoms with van der Waals surface area (Å²) in [4.78, 5) is 31.3. The van der Waals surface area contributed by atoms with E-state index in [9.17, 15) is 9.59 Å². The number of guanidine groups is 1. The molecule has 0 spiro atoms. The van der Waals surface area contributed by atoms with Gasteiger partial charge in [-0.05, 0) is 77.1 Å². The molecule has 0 saturated heterocycles. The van der Waals surface area contributed by atoms with Crippen LogP contribution < -0.4 is 16.0 Å². The molecule has 0 heterocycles. The fourth-order valence-electron chi connectivity index (χ4n) is 4.96. The van der Waals surface area contributed by atoms with Crippen molar-refractivity contribution in [2.24, 2.45) is 15.8 Å². The summed E-state index contributed by atoms with van der Waals surface area (Å²) in [5, 5.41) is 6.58. The molecular formula is C32H38N6O2S. The van der Waals surface area contributed by atoms with Crippen LogP contribution in [0, 0.1) is 5.53 Å². The highest BCUT2D eigenvalue weighted by Gasteiger charge is 2.20. The van der Waals surface area contributed by atoms with Crippen LogP contribution in [0.5, 0.6) is 0 Å². The molecule has 1 aliphatic carbocycles. The molecule has 1 fully saturated rings. The molecule has 3 amide bonds. The molecule has 0 atom stereocenters. The minimum Gasteiger partial charge on any atom is -0.366 e. The molecule has 0 aliphatic heterocycles. The first-order chi connectivity index (χ1) is 19.8. The lowest BCUT2D eigenvalue weighted by Gasteiger charge is -2.26. The number of nitrogens with zero attached hydrogens (tertiary/aromatic N) is 3. The summed E-state index contributed by atoms with van der Waals surface area (Å²) in [6.45, 7) is 4.65. The Kier molecular flexibility index (Phi) is 10.7. The predicted molar refractivity (Wildman–Crippen MR) is 168 cm³/mol. The molecule has 9 heteroatoms. The number of thioether (sulfide) groups is 1. The number of carbonyl (C=O) groups is 2. The van der Waals surface area contributed by atoms with Crippen molar-refractivity contribution in [3.63, 3.8) is 0 Å². The van der Waals surface area contributed by atoms with Crippen molar-refractivity contribution < 1.29 is 9.59 Å². The number of carbonyl (C=O) groups excluding carboxylic acids is 2. The zero-order chi connectivity index (χ0) is 29.2. The molecule has 3 aromatic rings. The normalized spacial score (nSPS) is 14.1. The molecule has 1 aliphatic rings. The second-order valence-corrected chi connectivity index (χ2v) is 12.2. The van der Waals surface area contributed by atoms with E-state index in [0.717, 1.165) is 28.3 Å². The zero-order valence-electron chi connectivity index (χ0n) is 23.7. The van der Waals surface area contributed by atoms with E-state index in [1.54, 1.807) is 29.2 Å². The van der Waals surface area contributed by atoms with Gasteiger partial charge in [-0.1, -0.05) is 69.5 Å². The van der Waals surface area contributed by atoms with E-state index in [1.165, 1.54) is 37.7 Å². The quantitative estimate of drug-likeness (QED) is 0.137. The van der Waals surface area contributed by atoms with Gasteiger partial charge in [-0.3, -0.25) is 9.69 Å². The first-order valence-electron chi connectivity index (χ1n) is 14.1. The first-order valence-corrected chi connectivity index (χ1v) is 15.1. The van der Waals surface area contributed by atoms with E-state index in [0.29, 0.717) is 23.3 Å². The smallest absolute Gasteiger partial charge is 0.326 e. The molecule has 41 heavy (non-hydrogen) atoms. The van der Waals surface area contributed by atoms with Crippen LogP contribution in [0.4, 0.5) is 16.2 Å². The topological polar surface area (TPSA) is 124 Å². The largest absolute Gasteiger partial charge is 0.366 e. The van der Waals surface area contributed by atoms with Crippen molar-refractivity contribution in [3.05, 3.63) is 95.1 Å². The second-order valence-electron chi connectivity index (χ2n) is 10.6. The van der Waals surface area contributed by atoms with Gasteiger partial charge in [-0.2, -0.15) is 16.8 Å². The third-order valence-corrected chi connectivity index (χ3v) is 8.33. The maximum Gasteiger partial charge on any atom is 0.326 e. The van der Waals surface area contributed by atoms with Gasteiger partial charge in [-0.15, -0.1) is 5.11 Å². The van der Waals surface area contributed by atoms with E-state index in [4.69, 9.17) is 11.3 Å². The summed E-state index contributed by atoms with van der Waals surface area (Å²) in [6.07, 6.45) is 6.27. The number of aliphatic imine (C=N–C) groups is 1. The molecule has 0 aromatic heterocycles. The fourth-order valence-corrected chi connectivity index (χ4v) is 5.67. The van der Waals surface area contributed by atoms with E-state index in [2.05, 4.69) is 47.5 Å². The van der Waals surface area contributed by atoms with E-state index >= 15 is 0 Å². The van der Waals surface area contributed by atoms with Crippen molar-refractivity contribution in [2.45, 2.75) is 69.4 Å². The number of anilines is 2. The average Bonchev–Trinajstić information content (AvgIpc) is 2.99. The lowest BCUT2D eigenvalue weighted by atomic mass is 9.84.